The van der Waals surface area contributed by atoms with E-state index < -0.39 is 11.9 Å². The molecule has 0 radical (unpaired) electrons. The molecular formula is C34H34N2O9. The first kappa shape index (κ1) is 31.0. The van der Waals surface area contributed by atoms with Gasteiger partial charge in [-0.05, 0) is 36.8 Å². The minimum Gasteiger partial charge on any atom is -0.497 e. The highest BCUT2D eigenvalue weighted by Gasteiger charge is 2.22. The van der Waals surface area contributed by atoms with E-state index in [9.17, 15) is 19.8 Å². The Labute approximate surface area is 260 Å². The number of hydrogen-bond acceptors (Lipinski definition) is 8. The van der Waals surface area contributed by atoms with Gasteiger partial charge in [0.1, 0.15) is 29.7 Å². The summed E-state index contributed by atoms with van der Waals surface area (Å²) in [6.45, 7) is 2.14. The van der Waals surface area contributed by atoms with Crippen LogP contribution in [-0.2, 0) is 24.2 Å². The summed E-state index contributed by atoms with van der Waals surface area (Å²) >= 11 is 0. The molecule has 45 heavy (non-hydrogen) atoms. The van der Waals surface area contributed by atoms with Crippen LogP contribution < -0.4 is 23.7 Å². The molecule has 0 aliphatic carbocycles. The number of hydrogen-bond donors (Lipinski definition) is 2. The normalized spacial score (nSPS) is 12.2. The average Bonchev–Trinajstić information content (AvgIpc) is 3.68. The molecule has 2 N–H and O–H groups in total. The molecule has 4 aromatic rings. The summed E-state index contributed by atoms with van der Waals surface area (Å²) in [4.78, 5) is 29.0. The second-order valence-electron chi connectivity index (χ2n) is 10.3. The minimum atomic E-state index is -1.10. The van der Waals surface area contributed by atoms with Crippen LogP contribution in [0.3, 0.4) is 0 Å². The number of aromatic carboxylic acids is 1. The van der Waals surface area contributed by atoms with Crippen LogP contribution in [0.15, 0.2) is 66.4 Å². The molecule has 11 heteroatoms. The summed E-state index contributed by atoms with van der Waals surface area (Å²) in [7, 11) is 3.06. The van der Waals surface area contributed by atoms with Gasteiger partial charge in [0.25, 0.3) is 0 Å². The van der Waals surface area contributed by atoms with E-state index in [1.165, 1.54) is 13.2 Å². The van der Waals surface area contributed by atoms with Crippen molar-refractivity contribution < 1.29 is 43.5 Å². The van der Waals surface area contributed by atoms with E-state index >= 15 is 0 Å². The Morgan fingerprint density at radius 3 is 2.47 bits per heavy atom. The fourth-order valence-corrected chi connectivity index (χ4v) is 5.09. The Morgan fingerprint density at radius 1 is 0.978 bits per heavy atom. The van der Waals surface area contributed by atoms with Crippen LogP contribution in [0, 0.1) is 0 Å². The van der Waals surface area contributed by atoms with Gasteiger partial charge in [-0.2, -0.15) is 0 Å². The average molecular weight is 615 g/mol. The number of rotatable bonds is 14. The zero-order valence-corrected chi connectivity index (χ0v) is 25.2. The molecule has 2 heterocycles. The summed E-state index contributed by atoms with van der Waals surface area (Å²) in [5.41, 5.74) is 2.49. The molecule has 0 atom stereocenters. The molecule has 0 bridgehead atoms. The molecule has 3 aromatic carbocycles. The number of imidazole rings is 1. The second kappa shape index (κ2) is 13.9. The molecule has 0 fully saturated rings. The molecule has 1 aromatic heterocycles. The maximum atomic E-state index is 12.6. The van der Waals surface area contributed by atoms with E-state index in [0.29, 0.717) is 57.7 Å². The number of carbonyl (C=O) groups is 2. The molecule has 1 aliphatic heterocycles. The van der Waals surface area contributed by atoms with Crippen molar-refractivity contribution in [3.05, 3.63) is 94.6 Å². The van der Waals surface area contributed by atoms with E-state index in [0.717, 1.165) is 18.7 Å². The molecule has 0 spiro atoms. The van der Waals surface area contributed by atoms with Crippen LogP contribution in [-0.4, -0.2) is 52.7 Å². The number of fused-ring (bicyclic) bond motifs is 1. The van der Waals surface area contributed by atoms with Crippen molar-refractivity contribution in [2.24, 2.45) is 0 Å². The number of carboxylic acids is 2. The van der Waals surface area contributed by atoms with E-state index in [2.05, 4.69) is 11.9 Å². The second-order valence-corrected chi connectivity index (χ2v) is 10.3. The molecule has 5 rings (SSSR count). The standard InChI is InChI=1S/C34H34N2O9/c1-4-5-10-32-35-18-24(14-23(33(37)38)13-22-15-30-31(45-20-44-30)17-28(22)42-3)36(32)27-12-11-25(41-2)16-29(27)43-19-21-8-6-7-9-26(21)34(39)40/h6-9,11-12,14-18H,4-5,10,13,19-20H2,1-3H3,(H,37,38)(H,39,40). The van der Waals surface area contributed by atoms with Crippen molar-refractivity contribution in [3.8, 4) is 34.4 Å². The van der Waals surface area contributed by atoms with E-state index in [1.807, 2.05) is 10.6 Å². The maximum absolute atomic E-state index is 12.6. The molecule has 0 amide bonds. The summed E-state index contributed by atoms with van der Waals surface area (Å²) in [5.74, 6) is 1.05. The fourth-order valence-electron chi connectivity index (χ4n) is 5.09. The third-order valence-electron chi connectivity index (χ3n) is 7.41. The zero-order valence-electron chi connectivity index (χ0n) is 25.2. The molecule has 0 saturated carbocycles. The van der Waals surface area contributed by atoms with E-state index in [-0.39, 0.29) is 31.0 Å². The first-order chi connectivity index (χ1) is 21.8. The molecular weight excluding hydrogens is 580 g/mol. The van der Waals surface area contributed by atoms with Crippen molar-refractivity contribution in [2.75, 3.05) is 21.0 Å². The van der Waals surface area contributed by atoms with Gasteiger partial charge in [0.2, 0.25) is 6.79 Å². The zero-order chi connectivity index (χ0) is 31.9. The van der Waals surface area contributed by atoms with Crippen LogP contribution in [0.25, 0.3) is 11.8 Å². The lowest BCUT2D eigenvalue weighted by molar-refractivity contribution is -0.132. The van der Waals surface area contributed by atoms with E-state index in [1.54, 1.807) is 61.8 Å². The van der Waals surface area contributed by atoms with Crippen molar-refractivity contribution in [1.82, 2.24) is 9.55 Å². The molecule has 0 saturated heterocycles. The van der Waals surface area contributed by atoms with Crippen LogP contribution in [0.1, 0.15) is 52.8 Å². The monoisotopic (exact) mass is 614 g/mol. The van der Waals surface area contributed by atoms with Gasteiger partial charge in [-0.25, -0.2) is 14.6 Å². The lowest BCUT2D eigenvalue weighted by Crippen LogP contribution is -2.10. The van der Waals surface area contributed by atoms with E-state index in [4.69, 9.17) is 23.7 Å². The Kier molecular flexibility index (Phi) is 9.57. The van der Waals surface area contributed by atoms with Crippen LogP contribution in [0.2, 0.25) is 0 Å². The number of aromatic nitrogens is 2. The summed E-state index contributed by atoms with van der Waals surface area (Å²) in [6, 6.07) is 15.4. The number of aliphatic carboxylic acids is 1. The predicted octanol–water partition coefficient (Wildman–Crippen LogP) is 5.95. The lowest BCUT2D eigenvalue weighted by atomic mass is 10.0. The Bertz CT molecular complexity index is 1740. The van der Waals surface area contributed by atoms with Gasteiger partial charge in [-0.1, -0.05) is 31.5 Å². The van der Waals surface area contributed by atoms with Crippen molar-refractivity contribution in [2.45, 2.75) is 39.2 Å². The third-order valence-corrected chi connectivity index (χ3v) is 7.41. The van der Waals surface area contributed by atoms with Crippen molar-refractivity contribution >= 4 is 18.0 Å². The third kappa shape index (κ3) is 6.87. The largest absolute Gasteiger partial charge is 0.497 e. The first-order valence-corrected chi connectivity index (χ1v) is 14.4. The summed E-state index contributed by atoms with van der Waals surface area (Å²) < 4.78 is 30.1. The van der Waals surface area contributed by atoms with Gasteiger partial charge in [0, 0.05) is 41.7 Å². The Balaban J connectivity index is 1.58. The first-order valence-electron chi connectivity index (χ1n) is 14.4. The maximum Gasteiger partial charge on any atom is 0.336 e. The van der Waals surface area contributed by atoms with Gasteiger partial charge in [-0.15, -0.1) is 0 Å². The smallest absolute Gasteiger partial charge is 0.336 e. The number of benzene rings is 3. The Morgan fingerprint density at radius 2 is 1.76 bits per heavy atom. The van der Waals surface area contributed by atoms with Crippen LogP contribution in [0.4, 0.5) is 0 Å². The predicted molar refractivity (Wildman–Crippen MR) is 165 cm³/mol. The number of unbranched alkanes of at least 4 members (excludes halogenated alkanes) is 1. The van der Waals surface area contributed by atoms with Crippen LogP contribution >= 0.6 is 0 Å². The molecule has 0 unspecified atom stereocenters. The Hall–Kier alpha value is -5.45. The van der Waals surface area contributed by atoms with Gasteiger partial charge in [0.05, 0.1) is 37.4 Å². The summed E-state index contributed by atoms with van der Waals surface area (Å²) in [6.07, 6.45) is 5.69. The topological polar surface area (TPSA) is 139 Å². The van der Waals surface area contributed by atoms with Gasteiger partial charge >= 0.3 is 11.9 Å². The SMILES string of the molecule is CCCCc1ncc(C=C(Cc2cc3c(cc2OC)OCO3)C(=O)O)n1-c1ccc(OC)cc1OCc1ccccc1C(=O)O. The van der Waals surface area contributed by atoms with Gasteiger partial charge < -0.3 is 33.9 Å². The number of carboxylic acid groups (broad SMARTS) is 2. The van der Waals surface area contributed by atoms with Crippen LogP contribution in [0.5, 0.6) is 28.7 Å². The molecule has 1 aliphatic rings. The highest BCUT2D eigenvalue weighted by atomic mass is 16.7. The molecule has 234 valence electrons. The van der Waals surface area contributed by atoms with Gasteiger partial charge in [-0.3, -0.25) is 4.57 Å². The van der Waals surface area contributed by atoms with Crippen molar-refractivity contribution in [1.29, 1.82) is 0 Å². The minimum absolute atomic E-state index is 0.0168. The van der Waals surface area contributed by atoms with Gasteiger partial charge in [0.15, 0.2) is 11.5 Å². The highest BCUT2D eigenvalue weighted by molar-refractivity contribution is 5.93. The highest BCUT2D eigenvalue weighted by Crippen LogP contribution is 2.39. The lowest BCUT2D eigenvalue weighted by Gasteiger charge is -2.18. The number of methoxy groups -OCH3 is 2. The number of ether oxygens (including phenoxy) is 5. The number of aryl methyl sites for hydroxylation is 1. The quantitative estimate of drug-likeness (QED) is 0.164. The number of nitrogens with zero attached hydrogens (tertiary/aromatic N) is 2. The summed E-state index contributed by atoms with van der Waals surface area (Å²) in [5, 5.41) is 19.9. The molecule has 11 nitrogen and oxygen atoms in total. The van der Waals surface area contributed by atoms with Crippen molar-refractivity contribution in [3.63, 3.8) is 0 Å². The fraction of sp³-hybridized carbons (Fsp3) is 0.265.